The highest BCUT2D eigenvalue weighted by Gasteiger charge is 2.49. The molecule has 33 heavy (non-hydrogen) atoms. The van der Waals surface area contributed by atoms with Crippen molar-refractivity contribution >= 4 is 29.2 Å². The van der Waals surface area contributed by atoms with Crippen molar-refractivity contribution < 1.29 is 14.4 Å². The summed E-state index contributed by atoms with van der Waals surface area (Å²) >= 11 is 1.65. The molecule has 6 nitrogen and oxygen atoms in total. The van der Waals surface area contributed by atoms with Gasteiger partial charge in [0, 0.05) is 23.9 Å². The summed E-state index contributed by atoms with van der Waals surface area (Å²) in [5.74, 6) is -0.679. The highest BCUT2D eigenvalue weighted by atomic mass is 32.1. The van der Waals surface area contributed by atoms with Crippen LogP contribution in [0.4, 0.5) is 4.79 Å². The molecule has 7 heteroatoms. The van der Waals surface area contributed by atoms with E-state index in [1.165, 1.54) is 4.88 Å². The minimum Gasteiger partial charge on any atom is -0.334 e. The van der Waals surface area contributed by atoms with Gasteiger partial charge in [-0.05, 0) is 36.4 Å². The quantitative estimate of drug-likeness (QED) is 0.512. The second kappa shape index (κ2) is 9.58. The monoisotopic (exact) mass is 461 g/mol. The number of benzene rings is 2. The van der Waals surface area contributed by atoms with Gasteiger partial charge in [-0.15, -0.1) is 11.3 Å². The number of hydrogen-bond acceptors (Lipinski definition) is 4. The molecule has 0 radical (unpaired) electrons. The largest absolute Gasteiger partial charge is 0.334 e. The summed E-state index contributed by atoms with van der Waals surface area (Å²) in [5.41, 5.74) is 0.492. The van der Waals surface area contributed by atoms with E-state index in [1.807, 2.05) is 66.9 Å². The number of amides is 4. The third-order valence-electron chi connectivity index (χ3n) is 6.04. The summed E-state index contributed by atoms with van der Waals surface area (Å²) in [5, 5.41) is 4.79. The molecule has 2 atom stereocenters. The molecule has 1 saturated heterocycles. The van der Waals surface area contributed by atoms with E-state index in [4.69, 9.17) is 0 Å². The van der Waals surface area contributed by atoms with Crippen LogP contribution in [0.5, 0.6) is 0 Å². The molecule has 4 amide bonds. The molecule has 2 heterocycles. The highest BCUT2D eigenvalue weighted by Crippen LogP contribution is 2.29. The molecule has 4 rings (SSSR count). The van der Waals surface area contributed by atoms with Crippen LogP contribution in [0.1, 0.15) is 29.9 Å². The average Bonchev–Trinajstić information content (AvgIpc) is 3.41. The number of nitrogens with one attached hydrogen (secondary N) is 1. The molecule has 2 aromatic carbocycles. The van der Waals surface area contributed by atoms with Gasteiger partial charge in [0.05, 0.1) is 0 Å². The minimum atomic E-state index is -1.19. The number of carbonyl (C=O) groups excluding carboxylic acids is 3. The van der Waals surface area contributed by atoms with E-state index in [9.17, 15) is 14.4 Å². The number of nitrogens with zero attached hydrogens (tertiary/aromatic N) is 2. The van der Waals surface area contributed by atoms with Crippen molar-refractivity contribution in [3.8, 4) is 0 Å². The maximum atomic E-state index is 13.5. The van der Waals surface area contributed by atoms with Gasteiger partial charge < -0.3 is 10.2 Å². The minimum absolute atomic E-state index is 0.0994. The van der Waals surface area contributed by atoms with E-state index >= 15 is 0 Å². The second-order valence-electron chi connectivity index (χ2n) is 8.45. The van der Waals surface area contributed by atoms with Crippen LogP contribution < -0.4 is 5.32 Å². The van der Waals surface area contributed by atoms with Gasteiger partial charge in [-0.25, -0.2) is 4.79 Å². The number of thiophene rings is 1. The lowest BCUT2D eigenvalue weighted by Crippen LogP contribution is -2.47. The molecule has 3 aromatic rings. The van der Waals surface area contributed by atoms with Crippen molar-refractivity contribution in [3.05, 3.63) is 94.2 Å². The van der Waals surface area contributed by atoms with Crippen LogP contribution in [0.2, 0.25) is 0 Å². The van der Waals surface area contributed by atoms with Crippen molar-refractivity contribution in [1.29, 1.82) is 0 Å². The lowest BCUT2D eigenvalue weighted by molar-refractivity contribution is -0.140. The Hall–Kier alpha value is -3.45. The summed E-state index contributed by atoms with van der Waals surface area (Å²) in [6.07, 6.45) is 0.706. The van der Waals surface area contributed by atoms with Gasteiger partial charge in [-0.2, -0.15) is 0 Å². The normalized spacial score (nSPS) is 18.8. The zero-order valence-electron chi connectivity index (χ0n) is 18.7. The molecule has 0 aliphatic carbocycles. The zero-order chi connectivity index (χ0) is 23.4. The molecule has 170 valence electrons. The predicted molar refractivity (Wildman–Crippen MR) is 129 cm³/mol. The second-order valence-corrected chi connectivity index (χ2v) is 9.48. The van der Waals surface area contributed by atoms with Gasteiger partial charge in [0.2, 0.25) is 5.91 Å². The number of carbonyl (C=O) groups is 3. The van der Waals surface area contributed by atoms with Gasteiger partial charge in [-0.3, -0.25) is 14.5 Å². The summed E-state index contributed by atoms with van der Waals surface area (Å²) in [6.45, 7) is 3.79. The SMILES string of the molecule is C[C@H](Cc1cccs1)N(Cc1ccccc1)C(=O)CN1C(=O)N[C@](C)(c2ccccc2)C1=O. The van der Waals surface area contributed by atoms with Crippen molar-refractivity contribution in [2.45, 2.75) is 38.4 Å². The molecule has 1 aromatic heterocycles. The highest BCUT2D eigenvalue weighted by molar-refractivity contribution is 7.09. The smallest absolute Gasteiger partial charge is 0.325 e. The van der Waals surface area contributed by atoms with E-state index in [-0.39, 0.29) is 18.5 Å². The van der Waals surface area contributed by atoms with Gasteiger partial charge in [0.1, 0.15) is 12.1 Å². The fourth-order valence-corrected chi connectivity index (χ4v) is 4.96. The molecular formula is C26H27N3O3S. The Balaban J connectivity index is 1.54. The number of hydrogen-bond donors (Lipinski definition) is 1. The summed E-state index contributed by atoms with van der Waals surface area (Å²) in [6, 6.07) is 22.2. The molecule has 1 fully saturated rings. The van der Waals surface area contributed by atoms with Gasteiger partial charge in [0.25, 0.3) is 5.91 Å². The van der Waals surface area contributed by atoms with Crippen molar-refractivity contribution in [2.24, 2.45) is 0 Å². The van der Waals surface area contributed by atoms with Crippen molar-refractivity contribution in [3.63, 3.8) is 0 Å². The first-order valence-electron chi connectivity index (χ1n) is 10.9. The van der Waals surface area contributed by atoms with E-state index in [2.05, 4.69) is 11.4 Å². The van der Waals surface area contributed by atoms with Crippen molar-refractivity contribution in [2.75, 3.05) is 6.54 Å². The molecule has 0 bridgehead atoms. The van der Waals surface area contributed by atoms with Crippen LogP contribution in [0.15, 0.2) is 78.2 Å². The Morgan fingerprint density at radius 3 is 2.33 bits per heavy atom. The maximum Gasteiger partial charge on any atom is 0.325 e. The van der Waals surface area contributed by atoms with Crippen molar-refractivity contribution in [1.82, 2.24) is 15.1 Å². The van der Waals surface area contributed by atoms with Gasteiger partial charge in [-0.1, -0.05) is 66.7 Å². The third kappa shape index (κ3) is 4.83. The van der Waals surface area contributed by atoms with Crippen LogP contribution in [-0.2, 0) is 28.1 Å². The van der Waals surface area contributed by atoms with E-state index in [0.29, 0.717) is 18.5 Å². The molecule has 1 N–H and O–H groups in total. The first-order chi connectivity index (χ1) is 15.9. The number of rotatable bonds is 8. The Bertz CT molecular complexity index is 1120. The third-order valence-corrected chi connectivity index (χ3v) is 6.94. The Labute approximate surface area is 197 Å². The van der Waals surface area contributed by atoms with Gasteiger partial charge in [0.15, 0.2) is 0 Å². The van der Waals surface area contributed by atoms with Crippen LogP contribution in [0.25, 0.3) is 0 Å². The molecule has 0 saturated carbocycles. The topological polar surface area (TPSA) is 69.7 Å². The zero-order valence-corrected chi connectivity index (χ0v) is 19.5. The fourth-order valence-electron chi connectivity index (χ4n) is 4.13. The molecular weight excluding hydrogens is 434 g/mol. The van der Waals surface area contributed by atoms with Crippen LogP contribution in [0, 0.1) is 0 Å². The van der Waals surface area contributed by atoms with Crippen LogP contribution in [-0.4, -0.2) is 40.2 Å². The first kappa shape index (κ1) is 22.7. The number of imide groups is 1. The Kier molecular flexibility index (Phi) is 6.60. The van der Waals surface area contributed by atoms with E-state index in [1.54, 1.807) is 35.3 Å². The molecule has 1 aliphatic heterocycles. The standard InChI is InChI=1S/C26H27N3O3S/c1-19(16-22-14-9-15-33-22)28(17-20-10-5-3-6-11-20)23(30)18-29-24(31)26(2,27-25(29)32)21-12-7-4-8-13-21/h3-15,19H,16-18H2,1-2H3,(H,27,32)/t19-,26-/m1/s1. The first-order valence-corrected chi connectivity index (χ1v) is 11.8. The van der Waals surface area contributed by atoms with E-state index < -0.39 is 17.5 Å². The lowest BCUT2D eigenvalue weighted by Gasteiger charge is -2.31. The Morgan fingerprint density at radius 2 is 1.70 bits per heavy atom. The fraction of sp³-hybridized carbons (Fsp3) is 0.269. The van der Waals surface area contributed by atoms with Crippen LogP contribution >= 0.6 is 11.3 Å². The van der Waals surface area contributed by atoms with Crippen LogP contribution in [0.3, 0.4) is 0 Å². The summed E-state index contributed by atoms with van der Waals surface area (Å²) in [7, 11) is 0. The summed E-state index contributed by atoms with van der Waals surface area (Å²) < 4.78 is 0. The average molecular weight is 462 g/mol. The van der Waals surface area contributed by atoms with E-state index in [0.717, 1.165) is 10.5 Å². The number of urea groups is 1. The maximum absolute atomic E-state index is 13.5. The van der Waals surface area contributed by atoms with Gasteiger partial charge >= 0.3 is 6.03 Å². The summed E-state index contributed by atoms with van der Waals surface area (Å²) in [4.78, 5) is 43.4. The molecule has 1 aliphatic rings. The predicted octanol–water partition coefficient (Wildman–Crippen LogP) is 4.18. The molecule has 0 spiro atoms. The molecule has 0 unspecified atom stereocenters. The Morgan fingerprint density at radius 1 is 1.03 bits per heavy atom. The lowest BCUT2D eigenvalue weighted by atomic mass is 9.92.